The van der Waals surface area contributed by atoms with E-state index in [0.717, 1.165) is 88.2 Å². The molecular formula is C55H31N7. The Morgan fingerprint density at radius 3 is 1.39 bits per heavy atom. The molecule has 7 aromatic carbocycles. The Hall–Kier alpha value is -9.09. The van der Waals surface area contributed by atoms with Gasteiger partial charge in [0.25, 0.3) is 0 Å². The number of aromatic nitrogens is 4. The quantitative estimate of drug-likeness (QED) is 0.167. The number of para-hydroxylation sites is 1. The van der Waals surface area contributed by atoms with Crippen LogP contribution >= 0.6 is 0 Å². The summed E-state index contributed by atoms with van der Waals surface area (Å²) in [6, 6.07) is 68.0. The fourth-order valence-corrected chi connectivity index (χ4v) is 8.94. The molecule has 0 aliphatic heterocycles. The van der Waals surface area contributed by atoms with Crippen LogP contribution in [0.5, 0.6) is 0 Å². The van der Waals surface area contributed by atoms with Crippen molar-refractivity contribution < 1.29 is 0 Å². The molecule has 0 unspecified atom stereocenters. The maximum absolute atomic E-state index is 9.94. The van der Waals surface area contributed by atoms with Crippen LogP contribution in [0.25, 0.3) is 99.9 Å². The largest absolute Gasteiger partial charge is 0.294 e. The van der Waals surface area contributed by atoms with E-state index in [-0.39, 0.29) is 0 Å². The molecule has 0 bridgehead atoms. The van der Waals surface area contributed by atoms with Gasteiger partial charge in [0, 0.05) is 27.7 Å². The van der Waals surface area contributed by atoms with E-state index in [1.165, 1.54) is 0 Å². The molecule has 7 nitrogen and oxygen atoms in total. The van der Waals surface area contributed by atoms with Gasteiger partial charge < -0.3 is 0 Å². The van der Waals surface area contributed by atoms with Crippen LogP contribution < -0.4 is 0 Å². The third kappa shape index (κ3) is 5.80. The minimum Gasteiger partial charge on any atom is -0.294 e. The van der Waals surface area contributed by atoms with Crippen molar-refractivity contribution in [1.82, 2.24) is 19.1 Å². The van der Waals surface area contributed by atoms with Crippen LogP contribution in [0.15, 0.2) is 188 Å². The number of pyridine rings is 2. The highest BCUT2D eigenvalue weighted by atomic mass is 15.2. The Labute approximate surface area is 356 Å². The van der Waals surface area contributed by atoms with Gasteiger partial charge in [0.1, 0.15) is 17.3 Å². The molecule has 4 heterocycles. The molecule has 0 radical (unpaired) electrons. The van der Waals surface area contributed by atoms with Gasteiger partial charge in [0.2, 0.25) is 0 Å². The zero-order chi connectivity index (χ0) is 41.7. The van der Waals surface area contributed by atoms with Crippen molar-refractivity contribution in [2.75, 3.05) is 0 Å². The Morgan fingerprint density at radius 2 is 0.806 bits per heavy atom. The first-order chi connectivity index (χ1) is 30.6. The van der Waals surface area contributed by atoms with Gasteiger partial charge in [-0.3, -0.25) is 9.13 Å². The molecule has 0 atom stereocenters. The molecular weight excluding hydrogens is 759 g/mol. The molecule has 0 saturated heterocycles. The number of hydrogen-bond donors (Lipinski definition) is 0. The van der Waals surface area contributed by atoms with Gasteiger partial charge in [-0.15, -0.1) is 0 Å². The van der Waals surface area contributed by atoms with Crippen molar-refractivity contribution in [1.29, 1.82) is 15.8 Å². The summed E-state index contributed by atoms with van der Waals surface area (Å²) in [5.74, 6) is 1.36. The van der Waals surface area contributed by atoms with E-state index in [2.05, 4.69) is 124 Å². The second-order valence-corrected chi connectivity index (χ2v) is 15.1. The zero-order valence-corrected chi connectivity index (χ0v) is 33.0. The number of rotatable bonds is 6. The minimum atomic E-state index is 0.533. The van der Waals surface area contributed by atoms with Gasteiger partial charge in [0.05, 0.1) is 51.4 Å². The molecule has 0 aliphatic rings. The van der Waals surface area contributed by atoms with Gasteiger partial charge >= 0.3 is 0 Å². The lowest BCUT2D eigenvalue weighted by Gasteiger charge is -2.19. The number of fused-ring (bicyclic) bond motifs is 6. The molecule has 62 heavy (non-hydrogen) atoms. The highest BCUT2D eigenvalue weighted by Gasteiger charge is 2.22. The van der Waals surface area contributed by atoms with Gasteiger partial charge in [0.15, 0.2) is 0 Å². The first-order valence-electron chi connectivity index (χ1n) is 20.2. The summed E-state index contributed by atoms with van der Waals surface area (Å²) in [5.41, 5.74) is 13.5. The number of nitriles is 3. The first kappa shape index (κ1) is 36.0. The third-order valence-electron chi connectivity index (χ3n) is 11.7. The topological polar surface area (TPSA) is 107 Å². The SMILES string of the molecule is N#Cc1ccc(-c2ccccc2-c2ccccc2-c2ccccc2-c2cc(-n3c4ccc(C#N)cc4c4cc(C#N)ccc43)nc(-n3c4ccccc4c4cccnc43)c2)cc1. The summed E-state index contributed by atoms with van der Waals surface area (Å²) in [6.07, 6.45) is 1.82. The predicted octanol–water partition coefficient (Wildman–Crippen LogP) is 13.0. The van der Waals surface area contributed by atoms with E-state index in [1.807, 2.05) is 91.1 Å². The van der Waals surface area contributed by atoms with Crippen LogP contribution in [-0.4, -0.2) is 19.1 Å². The Balaban J connectivity index is 1.20. The number of benzene rings is 7. The number of nitrogens with zero attached hydrogens (tertiary/aromatic N) is 7. The van der Waals surface area contributed by atoms with Crippen molar-refractivity contribution in [2.24, 2.45) is 0 Å². The molecule has 286 valence electrons. The first-order valence-corrected chi connectivity index (χ1v) is 20.2. The van der Waals surface area contributed by atoms with Crippen LogP contribution in [0.1, 0.15) is 16.7 Å². The highest BCUT2D eigenvalue weighted by Crippen LogP contribution is 2.43. The standard InChI is InChI=1S/C55H31N7/c56-32-35-19-23-38(24-20-35)40-10-1-3-12-42(40)44-14-5-6-15-45(44)43-13-4-2-11-41(43)39-30-53(60-54(31-39)62-50-18-8-7-16-46(50)47-17-9-27-59-55(47)62)61-51-25-21-36(33-57)28-48(51)49-29-37(34-58)22-26-52(49)61/h1-31H. The highest BCUT2D eigenvalue weighted by molar-refractivity contribution is 6.11. The van der Waals surface area contributed by atoms with Gasteiger partial charge in [-0.1, -0.05) is 103 Å². The van der Waals surface area contributed by atoms with Crippen molar-refractivity contribution in [3.63, 3.8) is 0 Å². The fraction of sp³-hybridized carbons (Fsp3) is 0. The van der Waals surface area contributed by atoms with Crippen LogP contribution in [0.3, 0.4) is 0 Å². The molecule has 7 heteroatoms. The Kier molecular flexibility index (Phi) is 8.50. The van der Waals surface area contributed by atoms with E-state index in [9.17, 15) is 15.8 Å². The maximum Gasteiger partial charge on any atom is 0.146 e. The van der Waals surface area contributed by atoms with Gasteiger partial charge in [-0.25, -0.2) is 9.97 Å². The van der Waals surface area contributed by atoms with E-state index in [4.69, 9.17) is 9.97 Å². The van der Waals surface area contributed by atoms with Crippen molar-refractivity contribution in [3.8, 4) is 74.4 Å². The predicted molar refractivity (Wildman–Crippen MR) is 247 cm³/mol. The summed E-state index contributed by atoms with van der Waals surface area (Å²) >= 11 is 0. The lowest BCUT2D eigenvalue weighted by Crippen LogP contribution is -2.05. The smallest absolute Gasteiger partial charge is 0.146 e. The number of hydrogen-bond acceptors (Lipinski definition) is 5. The molecule has 4 aromatic heterocycles. The fourth-order valence-electron chi connectivity index (χ4n) is 8.94. The second-order valence-electron chi connectivity index (χ2n) is 15.1. The van der Waals surface area contributed by atoms with Crippen molar-refractivity contribution >= 4 is 43.7 Å². The molecule has 11 aromatic rings. The monoisotopic (exact) mass is 789 g/mol. The molecule has 11 rings (SSSR count). The van der Waals surface area contributed by atoms with Gasteiger partial charge in [-0.05, 0) is 123 Å². The maximum atomic E-state index is 9.94. The van der Waals surface area contributed by atoms with E-state index in [0.29, 0.717) is 28.3 Å². The van der Waals surface area contributed by atoms with Gasteiger partial charge in [-0.2, -0.15) is 15.8 Å². The zero-order valence-electron chi connectivity index (χ0n) is 33.0. The summed E-state index contributed by atoms with van der Waals surface area (Å²) in [4.78, 5) is 10.4. The average Bonchev–Trinajstić information content (AvgIpc) is 3.86. The molecule has 0 amide bonds. The average molecular weight is 790 g/mol. The van der Waals surface area contributed by atoms with E-state index >= 15 is 0 Å². The molecule has 0 aliphatic carbocycles. The second kappa shape index (κ2) is 14.6. The van der Waals surface area contributed by atoms with Crippen molar-refractivity contribution in [3.05, 3.63) is 205 Å². The summed E-state index contributed by atoms with van der Waals surface area (Å²) in [6.45, 7) is 0. The van der Waals surface area contributed by atoms with Crippen LogP contribution in [0.4, 0.5) is 0 Å². The Bertz CT molecular complexity index is 3610. The lowest BCUT2D eigenvalue weighted by atomic mass is 9.86. The third-order valence-corrected chi connectivity index (χ3v) is 11.7. The molecule has 0 spiro atoms. The van der Waals surface area contributed by atoms with Crippen LogP contribution in [0.2, 0.25) is 0 Å². The van der Waals surface area contributed by atoms with Crippen LogP contribution in [-0.2, 0) is 0 Å². The minimum absolute atomic E-state index is 0.533. The van der Waals surface area contributed by atoms with Crippen molar-refractivity contribution in [2.45, 2.75) is 0 Å². The summed E-state index contributed by atoms with van der Waals surface area (Å²) in [7, 11) is 0. The molecule has 0 N–H and O–H groups in total. The van der Waals surface area contributed by atoms with E-state index < -0.39 is 0 Å². The summed E-state index contributed by atoms with van der Waals surface area (Å²) in [5, 5.41) is 33.2. The molecule has 0 fully saturated rings. The Morgan fingerprint density at radius 1 is 0.355 bits per heavy atom. The normalized spacial score (nSPS) is 11.2. The lowest BCUT2D eigenvalue weighted by molar-refractivity contribution is 1.00. The van der Waals surface area contributed by atoms with E-state index in [1.54, 1.807) is 0 Å². The summed E-state index contributed by atoms with van der Waals surface area (Å²) < 4.78 is 4.27. The van der Waals surface area contributed by atoms with Crippen LogP contribution in [0, 0.1) is 34.0 Å². The molecule has 0 saturated carbocycles.